The van der Waals surface area contributed by atoms with Crippen molar-refractivity contribution in [2.45, 2.75) is 26.0 Å². The monoisotopic (exact) mass is 343 g/mol. The predicted octanol–water partition coefficient (Wildman–Crippen LogP) is 4.12. The van der Waals surface area contributed by atoms with E-state index >= 15 is 0 Å². The van der Waals surface area contributed by atoms with Gasteiger partial charge in [-0.1, -0.05) is 6.07 Å². The summed E-state index contributed by atoms with van der Waals surface area (Å²) < 4.78 is 20.3. The van der Waals surface area contributed by atoms with Crippen molar-refractivity contribution in [2.24, 2.45) is 5.73 Å². The molecule has 0 saturated heterocycles. The Labute approximate surface area is 124 Å². The van der Waals surface area contributed by atoms with Gasteiger partial charge in [-0.05, 0) is 58.4 Å². The van der Waals surface area contributed by atoms with E-state index in [1.165, 1.54) is 6.07 Å². The molecule has 2 aromatic rings. The number of thiophene rings is 1. The first-order chi connectivity index (χ1) is 9.06. The fourth-order valence-corrected chi connectivity index (χ4v) is 3.11. The Kier molecular flexibility index (Phi) is 4.96. The largest absolute Gasteiger partial charge is 0.485 e. The molecule has 5 heteroatoms. The maximum Gasteiger partial charge on any atom is 0.165 e. The van der Waals surface area contributed by atoms with Crippen molar-refractivity contribution >= 4 is 27.3 Å². The van der Waals surface area contributed by atoms with E-state index in [2.05, 4.69) is 15.9 Å². The highest BCUT2D eigenvalue weighted by Gasteiger charge is 2.08. The number of hydrogen-bond donors (Lipinski definition) is 1. The minimum absolute atomic E-state index is 0.0215. The van der Waals surface area contributed by atoms with Crippen LogP contribution in [0, 0.1) is 5.82 Å². The first-order valence-electron chi connectivity index (χ1n) is 5.95. The van der Waals surface area contributed by atoms with Crippen LogP contribution in [0.5, 0.6) is 5.75 Å². The molecule has 2 rings (SSSR count). The number of benzene rings is 1. The van der Waals surface area contributed by atoms with Crippen molar-refractivity contribution in [3.63, 3.8) is 0 Å². The molecular weight excluding hydrogens is 329 g/mol. The van der Waals surface area contributed by atoms with Crippen LogP contribution in [0.25, 0.3) is 0 Å². The van der Waals surface area contributed by atoms with E-state index < -0.39 is 0 Å². The highest BCUT2D eigenvalue weighted by atomic mass is 79.9. The third-order valence-corrected chi connectivity index (χ3v) is 4.50. The molecule has 2 N–H and O–H groups in total. The third kappa shape index (κ3) is 4.03. The summed E-state index contributed by atoms with van der Waals surface area (Å²) in [4.78, 5) is 1.04. The molecule has 19 heavy (non-hydrogen) atoms. The molecule has 0 fully saturated rings. The van der Waals surface area contributed by atoms with Gasteiger partial charge < -0.3 is 10.5 Å². The minimum atomic E-state index is -0.342. The molecule has 0 aliphatic heterocycles. The summed E-state index contributed by atoms with van der Waals surface area (Å²) in [7, 11) is 0. The molecule has 0 radical (unpaired) electrons. The van der Waals surface area contributed by atoms with Crippen LogP contribution in [0.3, 0.4) is 0 Å². The average molecular weight is 344 g/mol. The van der Waals surface area contributed by atoms with E-state index in [9.17, 15) is 4.39 Å². The second-order valence-electron chi connectivity index (χ2n) is 4.43. The van der Waals surface area contributed by atoms with Crippen LogP contribution in [-0.2, 0) is 13.0 Å². The van der Waals surface area contributed by atoms with Gasteiger partial charge in [-0.2, -0.15) is 0 Å². The highest BCUT2D eigenvalue weighted by molar-refractivity contribution is 9.10. The molecule has 1 heterocycles. The Morgan fingerprint density at radius 1 is 1.42 bits per heavy atom. The summed E-state index contributed by atoms with van der Waals surface area (Å²) in [6, 6.07) is 6.97. The lowest BCUT2D eigenvalue weighted by atomic mass is 10.1. The zero-order valence-electron chi connectivity index (χ0n) is 10.5. The summed E-state index contributed by atoms with van der Waals surface area (Å²) in [6.07, 6.45) is 0.660. The lowest BCUT2D eigenvalue weighted by Gasteiger charge is -2.09. The first-order valence-corrected chi connectivity index (χ1v) is 7.62. The van der Waals surface area contributed by atoms with Gasteiger partial charge in [0.25, 0.3) is 0 Å². The second kappa shape index (κ2) is 6.50. The number of ether oxygens (including phenoxy) is 1. The van der Waals surface area contributed by atoms with Crippen LogP contribution in [-0.4, -0.2) is 6.04 Å². The SMILES string of the molecule is CC(N)Cc1ccc(OCc2sccc2Br)c(F)c1. The molecule has 0 aliphatic carbocycles. The normalized spacial score (nSPS) is 12.4. The Balaban J connectivity index is 2.03. The smallest absolute Gasteiger partial charge is 0.165 e. The van der Waals surface area contributed by atoms with Crippen molar-refractivity contribution in [1.82, 2.24) is 0 Å². The van der Waals surface area contributed by atoms with Gasteiger partial charge in [0.1, 0.15) is 6.61 Å². The molecule has 1 atom stereocenters. The average Bonchev–Trinajstić information content (AvgIpc) is 2.73. The molecule has 102 valence electrons. The van der Waals surface area contributed by atoms with Gasteiger partial charge in [-0.3, -0.25) is 0 Å². The molecule has 2 nitrogen and oxygen atoms in total. The molecule has 0 saturated carbocycles. The highest BCUT2D eigenvalue weighted by Crippen LogP contribution is 2.26. The van der Waals surface area contributed by atoms with Crippen LogP contribution in [0.2, 0.25) is 0 Å². The number of hydrogen-bond acceptors (Lipinski definition) is 3. The van der Waals surface area contributed by atoms with E-state index in [-0.39, 0.29) is 17.6 Å². The van der Waals surface area contributed by atoms with Gasteiger partial charge in [0.15, 0.2) is 11.6 Å². The molecule has 0 amide bonds. The topological polar surface area (TPSA) is 35.2 Å². The summed E-state index contributed by atoms with van der Waals surface area (Å²) in [5, 5.41) is 1.96. The number of halogens is 2. The van der Waals surface area contributed by atoms with Gasteiger partial charge in [0.05, 0.1) is 4.88 Å². The first kappa shape index (κ1) is 14.5. The van der Waals surface area contributed by atoms with Gasteiger partial charge in [0, 0.05) is 10.5 Å². The Morgan fingerprint density at radius 2 is 2.21 bits per heavy atom. The minimum Gasteiger partial charge on any atom is -0.485 e. The molecule has 0 bridgehead atoms. The fourth-order valence-electron chi connectivity index (χ4n) is 1.73. The van der Waals surface area contributed by atoms with Crippen LogP contribution in [0.1, 0.15) is 17.4 Å². The molecular formula is C14H15BrFNOS. The van der Waals surface area contributed by atoms with Crippen molar-refractivity contribution in [3.05, 3.63) is 50.4 Å². The fraction of sp³-hybridized carbons (Fsp3) is 0.286. The van der Waals surface area contributed by atoms with E-state index in [0.29, 0.717) is 13.0 Å². The lowest BCUT2D eigenvalue weighted by molar-refractivity contribution is 0.293. The van der Waals surface area contributed by atoms with Crippen LogP contribution < -0.4 is 10.5 Å². The van der Waals surface area contributed by atoms with E-state index in [0.717, 1.165) is 14.9 Å². The summed E-state index contributed by atoms with van der Waals surface area (Å²) in [5.41, 5.74) is 6.58. The van der Waals surface area contributed by atoms with Crippen molar-refractivity contribution in [2.75, 3.05) is 0 Å². The predicted molar refractivity (Wildman–Crippen MR) is 80.1 cm³/mol. The number of rotatable bonds is 5. The molecule has 1 aromatic carbocycles. The molecule has 0 aliphatic rings. The molecule has 1 unspecified atom stereocenters. The van der Waals surface area contributed by atoms with Gasteiger partial charge >= 0.3 is 0 Å². The van der Waals surface area contributed by atoms with Crippen molar-refractivity contribution < 1.29 is 9.13 Å². The Hall–Kier alpha value is -0.910. The number of nitrogens with two attached hydrogens (primary N) is 1. The van der Waals surface area contributed by atoms with Gasteiger partial charge in [0.2, 0.25) is 0 Å². The standard InChI is InChI=1S/C14H15BrFNOS/c1-9(17)6-10-2-3-13(12(16)7-10)18-8-14-11(15)4-5-19-14/h2-5,7,9H,6,8,17H2,1H3. The Morgan fingerprint density at radius 3 is 2.79 bits per heavy atom. The van der Waals surface area contributed by atoms with Crippen molar-refractivity contribution in [1.29, 1.82) is 0 Å². The van der Waals surface area contributed by atoms with Crippen LogP contribution in [0.15, 0.2) is 34.1 Å². The van der Waals surface area contributed by atoms with Gasteiger partial charge in [-0.25, -0.2) is 4.39 Å². The third-order valence-electron chi connectivity index (χ3n) is 2.60. The zero-order chi connectivity index (χ0) is 13.8. The maximum absolute atomic E-state index is 13.9. The van der Waals surface area contributed by atoms with E-state index in [4.69, 9.17) is 10.5 Å². The second-order valence-corrected chi connectivity index (χ2v) is 6.28. The summed E-state index contributed by atoms with van der Waals surface area (Å²) in [5.74, 6) is -0.0699. The quantitative estimate of drug-likeness (QED) is 0.886. The molecule has 0 spiro atoms. The lowest BCUT2D eigenvalue weighted by Crippen LogP contribution is -2.17. The van der Waals surface area contributed by atoms with Crippen LogP contribution >= 0.6 is 27.3 Å². The summed E-state index contributed by atoms with van der Waals surface area (Å²) >= 11 is 5.00. The van der Waals surface area contributed by atoms with Crippen LogP contribution in [0.4, 0.5) is 4.39 Å². The van der Waals surface area contributed by atoms with Crippen molar-refractivity contribution in [3.8, 4) is 5.75 Å². The Bertz CT molecular complexity index is 556. The molecule has 1 aromatic heterocycles. The van der Waals surface area contributed by atoms with E-state index in [1.54, 1.807) is 17.4 Å². The van der Waals surface area contributed by atoms with Gasteiger partial charge in [-0.15, -0.1) is 11.3 Å². The zero-order valence-corrected chi connectivity index (χ0v) is 12.9. The maximum atomic E-state index is 13.9. The summed E-state index contributed by atoms with van der Waals surface area (Å²) in [6.45, 7) is 2.26. The van der Waals surface area contributed by atoms with E-state index in [1.807, 2.05) is 24.4 Å².